The van der Waals surface area contributed by atoms with Crippen LogP contribution in [0.3, 0.4) is 0 Å². The van der Waals surface area contributed by atoms with Gasteiger partial charge in [0, 0.05) is 17.1 Å². The predicted octanol–water partition coefficient (Wildman–Crippen LogP) is 4.04. The summed E-state index contributed by atoms with van der Waals surface area (Å²) in [5, 5.41) is 4.14. The molecule has 100 valence electrons. The van der Waals surface area contributed by atoms with Crippen LogP contribution in [0.4, 0.5) is 0 Å². The molecule has 0 heterocycles. The Morgan fingerprint density at radius 1 is 1.44 bits per heavy atom. The fourth-order valence-corrected chi connectivity index (χ4v) is 1.82. The van der Waals surface area contributed by atoms with Crippen LogP contribution < -0.4 is 10.1 Å². The number of hydrogen-bond acceptors (Lipinski definition) is 2. The highest BCUT2D eigenvalue weighted by Crippen LogP contribution is 2.26. The van der Waals surface area contributed by atoms with Crippen LogP contribution in [-0.2, 0) is 6.54 Å². The van der Waals surface area contributed by atoms with Gasteiger partial charge in [-0.3, -0.25) is 0 Å². The summed E-state index contributed by atoms with van der Waals surface area (Å²) in [5.41, 5.74) is 1.03. The molecule has 1 N–H and O–H groups in total. The highest BCUT2D eigenvalue weighted by atomic mass is 35.5. The molecule has 0 aromatic heterocycles. The van der Waals surface area contributed by atoms with Crippen LogP contribution in [-0.4, -0.2) is 13.2 Å². The van der Waals surface area contributed by atoms with E-state index in [-0.39, 0.29) is 0 Å². The van der Waals surface area contributed by atoms with E-state index in [0.717, 1.165) is 35.8 Å². The van der Waals surface area contributed by atoms with Crippen molar-refractivity contribution in [2.24, 2.45) is 5.92 Å². The van der Waals surface area contributed by atoms with Gasteiger partial charge in [0.25, 0.3) is 0 Å². The fraction of sp³-hybridized carbons (Fsp3) is 0.467. The topological polar surface area (TPSA) is 21.3 Å². The van der Waals surface area contributed by atoms with Crippen molar-refractivity contribution in [1.82, 2.24) is 5.32 Å². The summed E-state index contributed by atoms with van der Waals surface area (Å²) in [6.45, 7) is 10.4. The second-order valence-corrected chi connectivity index (χ2v) is 5.07. The van der Waals surface area contributed by atoms with Crippen LogP contribution in [0.2, 0.25) is 5.02 Å². The molecule has 0 atom stereocenters. The number of hydrogen-bond donors (Lipinski definition) is 1. The Hall–Kier alpha value is -0.990. The van der Waals surface area contributed by atoms with Gasteiger partial charge in [0.05, 0.1) is 6.61 Å². The van der Waals surface area contributed by atoms with Crippen LogP contribution >= 0.6 is 11.6 Å². The zero-order valence-electron chi connectivity index (χ0n) is 11.2. The lowest BCUT2D eigenvalue weighted by Crippen LogP contribution is -2.19. The van der Waals surface area contributed by atoms with E-state index in [1.54, 1.807) is 0 Å². The first kappa shape index (κ1) is 15.1. The molecular weight excluding hydrogens is 246 g/mol. The van der Waals surface area contributed by atoms with Crippen molar-refractivity contribution in [3.8, 4) is 5.75 Å². The molecule has 2 nitrogen and oxygen atoms in total. The van der Waals surface area contributed by atoms with E-state index in [1.165, 1.54) is 0 Å². The third-order valence-corrected chi connectivity index (χ3v) is 2.86. The van der Waals surface area contributed by atoms with E-state index in [2.05, 4.69) is 25.7 Å². The lowest BCUT2D eigenvalue weighted by molar-refractivity contribution is 0.320. The Labute approximate surface area is 115 Å². The quantitative estimate of drug-likeness (QED) is 0.567. The summed E-state index contributed by atoms with van der Waals surface area (Å²) in [6.07, 6.45) is 2.69. The molecule has 0 bridgehead atoms. The van der Waals surface area contributed by atoms with E-state index >= 15 is 0 Å². The zero-order chi connectivity index (χ0) is 13.4. The molecule has 0 aliphatic carbocycles. The first-order valence-corrected chi connectivity index (χ1v) is 6.74. The molecule has 0 amide bonds. The summed E-state index contributed by atoms with van der Waals surface area (Å²) in [5.74, 6) is 1.48. The lowest BCUT2D eigenvalue weighted by atomic mass is 10.1. The molecule has 0 aliphatic rings. The Bertz CT molecular complexity index is 377. The molecule has 0 saturated carbocycles. The molecule has 1 aromatic carbocycles. The molecule has 1 rings (SSSR count). The minimum Gasteiger partial charge on any atom is -0.493 e. The predicted molar refractivity (Wildman–Crippen MR) is 78.3 cm³/mol. The van der Waals surface area contributed by atoms with Crippen LogP contribution in [0.25, 0.3) is 0 Å². The molecule has 0 radical (unpaired) electrons. The van der Waals surface area contributed by atoms with Crippen LogP contribution in [0, 0.1) is 5.92 Å². The van der Waals surface area contributed by atoms with Crippen molar-refractivity contribution < 1.29 is 4.74 Å². The number of ether oxygens (including phenoxy) is 1. The maximum absolute atomic E-state index is 6.22. The number of rotatable bonds is 8. The van der Waals surface area contributed by atoms with Gasteiger partial charge in [0.1, 0.15) is 5.75 Å². The summed E-state index contributed by atoms with van der Waals surface area (Å²) < 4.78 is 5.72. The summed E-state index contributed by atoms with van der Waals surface area (Å²) in [4.78, 5) is 0. The molecule has 0 saturated heterocycles. The largest absolute Gasteiger partial charge is 0.493 e. The summed E-state index contributed by atoms with van der Waals surface area (Å²) in [7, 11) is 0. The van der Waals surface area contributed by atoms with E-state index in [0.29, 0.717) is 12.5 Å². The van der Waals surface area contributed by atoms with Gasteiger partial charge in [-0.15, -0.1) is 6.58 Å². The van der Waals surface area contributed by atoms with Crippen molar-refractivity contribution in [3.05, 3.63) is 41.4 Å². The minimum absolute atomic E-state index is 0.623. The van der Waals surface area contributed by atoms with Crippen molar-refractivity contribution in [2.45, 2.75) is 26.8 Å². The van der Waals surface area contributed by atoms with Crippen LogP contribution in [0.5, 0.6) is 5.75 Å². The van der Waals surface area contributed by atoms with E-state index in [4.69, 9.17) is 16.3 Å². The molecule has 0 unspecified atom stereocenters. The van der Waals surface area contributed by atoms with E-state index < -0.39 is 0 Å². The average Bonchev–Trinajstić information content (AvgIpc) is 2.32. The van der Waals surface area contributed by atoms with Crippen LogP contribution in [0.15, 0.2) is 30.9 Å². The van der Waals surface area contributed by atoms with Gasteiger partial charge in [0.2, 0.25) is 0 Å². The van der Waals surface area contributed by atoms with E-state index in [9.17, 15) is 0 Å². The minimum atomic E-state index is 0.623. The van der Waals surface area contributed by atoms with Gasteiger partial charge in [-0.05, 0) is 31.0 Å². The molecular formula is C15H22ClNO. The van der Waals surface area contributed by atoms with Crippen LogP contribution in [0.1, 0.15) is 25.8 Å². The fourth-order valence-electron chi connectivity index (χ4n) is 1.58. The summed E-state index contributed by atoms with van der Waals surface area (Å²) in [6, 6.07) is 5.77. The van der Waals surface area contributed by atoms with Gasteiger partial charge in [-0.25, -0.2) is 0 Å². The molecule has 0 aliphatic heterocycles. The second-order valence-electron chi connectivity index (χ2n) is 4.67. The third-order valence-electron chi connectivity index (χ3n) is 2.51. The molecule has 1 aromatic rings. The third kappa shape index (κ3) is 5.11. The Kier molecular flexibility index (Phi) is 6.84. The highest BCUT2D eigenvalue weighted by molar-refractivity contribution is 6.31. The Morgan fingerprint density at radius 2 is 2.22 bits per heavy atom. The number of benzene rings is 1. The normalized spacial score (nSPS) is 10.7. The average molecular weight is 268 g/mol. The van der Waals surface area contributed by atoms with Gasteiger partial charge in [-0.1, -0.05) is 37.6 Å². The molecule has 0 spiro atoms. The molecule has 0 fully saturated rings. The molecule has 18 heavy (non-hydrogen) atoms. The highest BCUT2D eigenvalue weighted by Gasteiger charge is 2.08. The second kappa shape index (κ2) is 8.17. The molecule has 3 heteroatoms. The first-order chi connectivity index (χ1) is 8.65. The maximum Gasteiger partial charge on any atom is 0.125 e. The van der Waals surface area contributed by atoms with Crippen molar-refractivity contribution in [2.75, 3.05) is 13.2 Å². The summed E-state index contributed by atoms with van der Waals surface area (Å²) >= 11 is 6.22. The van der Waals surface area contributed by atoms with E-state index in [1.807, 2.05) is 24.3 Å². The van der Waals surface area contributed by atoms with Gasteiger partial charge >= 0.3 is 0 Å². The standard InChI is InChI=1S/C15H22ClNO/c1-4-5-9-18-15-8-6-7-14(16)13(15)11-17-10-12(2)3/h4,6-8,12,17H,1,5,9-11H2,2-3H3. The van der Waals surface area contributed by atoms with Gasteiger partial charge in [-0.2, -0.15) is 0 Å². The Morgan fingerprint density at radius 3 is 2.89 bits per heavy atom. The van der Waals surface area contributed by atoms with Crippen molar-refractivity contribution in [3.63, 3.8) is 0 Å². The maximum atomic E-state index is 6.22. The smallest absolute Gasteiger partial charge is 0.125 e. The van der Waals surface area contributed by atoms with Crippen molar-refractivity contribution >= 4 is 11.6 Å². The number of nitrogens with one attached hydrogen (secondary N) is 1. The monoisotopic (exact) mass is 267 g/mol. The Balaban J connectivity index is 2.64. The lowest BCUT2D eigenvalue weighted by Gasteiger charge is -2.14. The zero-order valence-corrected chi connectivity index (χ0v) is 12.0. The van der Waals surface area contributed by atoms with Gasteiger partial charge in [0.15, 0.2) is 0 Å². The van der Waals surface area contributed by atoms with Gasteiger partial charge < -0.3 is 10.1 Å². The van der Waals surface area contributed by atoms with Crippen molar-refractivity contribution in [1.29, 1.82) is 0 Å². The SMILES string of the molecule is C=CCCOc1cccc(Cl)c1CNCC(C)C. The first-order valence-electron chi connectivity index (χ1n) is 6.37. The number of halogens is 1.